The Labute approximate surface area is 156 Å². The molecule has 27 heavy (non-hydrogen) atoms. The van der Waals surface area contributed by atoms with Gasteiger partial charge in [0.25, 0.3) is 5.91 Å². The summed E-state index contributed by atoms with van der Waals surface area (Å²) in [7, 11) is 0. The summed E-state index contributed by atoms with van der Waals surface area (Å²) in [6.45, 7) is 2.27. The number of amides is 3. The number of carbonyl (C=O) groups excluding carboxylic acids is 2. The van der Waals surface area contributed by atoms with Crippen molar-refractivity contribution in [1.82, 2.24) is 16.0 Å². The minimum absolute atomic E-state index is 0.210. The summed E-state index contributed by atoms with van der Waals surface area (Å²) in [6, 6.07) is 14.1. The molecule has 138 valence electrons. The zero-order valence-corrected chi connectivity index (χ0v) is 14.7. The summed E-state index contributed by atoms with van der Waals surface area (Å²) in [6.07, 6.45) is 0. The van der Waals surface area contributed by atoms with E-state index in [0.717, 1.165) is 11.1 Å². The van der Waals surface area contributed by atoms with Gasteiger partial charge in [-0.1, -0.05) is 36.4 Å². The number of urea groups is 1. The van der Waals surface area contributed by atoms with Crippen LogP contribution in [-0.4, -0.2) is 18.7 Å². The van der Waals surface area contributed by atoms with Crippen molar-refractivity contribution in [2.24, 2.45) is 0 Å². The maximum absolute atomic E-state index is 12.9. The summed E-state index contributed by atoms with van der Waals surface area (Å²) in [5, 5.41) is 8.42. The minimum Gasteiger partial charge on any atom is -0.454 e. The van der Waals surface area contributed by atoms with Crippen LogP contribution in [-0.2, 0) is 11.3 Å². The average Bonchev–Trinajstić information content (AvgIpc) is 3.14. The van der Waals surface area contributed by atoms with Gasteiger partial charge in [0.05, 0.1) is 11.6 Å². The first kappa shape index (κ1) is 17.0. The fraction of sp³-hybridized carbons (Fsp3) is 0.200. The SMILES string of the molecule is CC1=C(C(=O)NCc2ccc3c(c2)OCO3)C(c2ccccc2)NC(=O)N1. The molecular formula is C20H19N3O4. The van der Waals surface area contributed by atoms with E-state index in [-0.39, 0.29) is 18.7 Å². The second kappa shape index (κ2) is 7.03. The Kier molecular flexibility index (Phi) is 4.42. The molecule has 2 heterocycles. The number of benzene rings is 2. The number of rotatable bonds is 4. The van der Waals surface area contributed by atoms with E-state index in [9.17, 15) is 9.59 Å². The molecule has 1 unspecified atom stereocenters. The summed E-state index contributed by atoms with van der Waals surface area (Å²) >= 11 is 0. The highest BCUT2D eigenvalue weighted by atomic mass is 16.7. The molecule has 2 aromatic rings. The van der Waals surface area contributed by atoms with Crippen LogP contribution in [0.25, 0.3) is 0 Å². The first-order valence-corrected chi connectivity index (χ1v) is 8.62. The third-order valence-electron chi connectivity index (χ3n) is 4.54. The maximum Gasteiger partial charge on any atom is 0.319 e. The number of nitrogens with one attached hydrogen (secondary N) is 3. The molecule has 2 aliphatic heterocycles. The smallest absolute Gasteiger partial charge is 0.319 e. The van der Waals surface area contributed by atoms with E-state index in [4.69, 9.17) is 9.47 Å². The Balaban J connectivity index is 1.53. The third kappa shape index (κ3) is 3.44. The molecule has 0 saturated carbocycles. The van der Waals surface area contributed by atoms with Gasteiger partial charge >= 0.3 is 6.03 Å². The van der Waals surface area contributed by atoms with Gasteiger partial charge in [-0.25, -0.2) is 4.79 Å². The monoisotopic (exact) mass is 365 g/mol. The van der Waals surface area contributed by atoms with Gasteiger partial charge in [0, 0.05) is 12.2 Å². The second-order valence-electron chi connectivity index (χ2n) is 6.35. The minimum atomic E-state index is -0.503. The predicted molar refractivity (Wildman–Crippen MR) is 98.0 cm³/mol. The van der Waals surface area contributed by atoms with Gasteiger partial charge in [-0.15, -0.1) is 0 Å². The van der Waals surface area contributed by atoms with Crippen LogP contribution in [0.2, 0.25) is 0 Å². The van der Waals surface area contributed by atoms with Gasteiger partial charge in [0.2, 0.25) is 6.79 Å². The number of hydrogen-bond donors (Lipinski definition) is 3. The number of fused-ring (bicyclic) bond motifs is 1. The largest absolute Gasteiger partial charge is 0.454 e. The molecule has 0 fully saturated rings. The summed E-state index contributed by atoms with van der Waals surface area (Å²) in [5.74, 6) is 1.13. The van der Waals surface area contributed by atoms with Gasteiger partial charge in [-0.2, -0.15) is 0 Å². The summed E-state index contributed by atoms with van der Waals surface area (Å²) < 4.78 is 10.7. The van der Waals surface area contributed by atoms with Crippen molar-refractivity contribution < 1.29 is 19.1 Å². The van der Waals surface area contributed by atoms with Crippen LogP contribution < -0.4 is 25.4 Å². The Morgan fingerprint density at radius 1 is 1.15 bits per heavy atom. The number of hydrogen-bond acceptors (Lipinski definition) is 4. The van der Waals surface area contributed by atoms with E-state index in [0.29, 0.717) is 29.3 Å². The van der Waals surface area contributed by atoms with Gasteiger partial charge in [0.15, 0.2) is 11.5 Å². The molecule has 0 aromatic heterocycles. The highest BCUT2D eigenvalue weighted by molar-refractivity contribution is 5.98. The van der Waals surface area contributed by atoms with Crippen molar-refractivity contribution in [2.75, 3.05) is 6.79 Å². The van der Waals surface area contributed by atoms with E-state index < -0.39 is 6.04 Å². The molecule has 3 amide bonds. The van der Waals surface area contributed by atoms with Crippen LogP contribution in [0.4, 0.5) is 4.79 Å². The molecule has 4 rings (SSSR count). The van der Waals surface area contributed by atoms with Crippen LogP contribution >= 0.6 is 0 Å². The normalized spacial score (nSPS) is 18.0. The number of allylic oxidation sites excluding steroid dienone is 1. The van der Waals surface area contributed by atoms with Gasteiger partial charge < -0.3 is 25.4 Å². The first-order chi connectivity index (χ1) is 13.1. The molecule has 0 spiro atoms. The Bertz CT molecular complexity index is 924. The lowest BCUT2D eigenvalue weighted by atomic mass is 9.95. The van der Waals surface area contributed by atoms with E-state index >= 15 is 0 Å². The number of ether oxygens (including phenoxy) is 2. The molecule has 2 aliphatic rings. The van der Waals surface area contributed by atoms with Gasteiger partial charge in [0.1, 0.15) is 0 Å². The lowest BCUT2D eigenvalue weighted by Gasteiger charge is -2.28. The average molecular weight is 365 g/mol. The molecule has 0 bridgehead atoms. The first-order valence-electron chi connectivity index (χ1n) is 8.62. The van der Waals surface area contributed by atoms with Gasteiger partial charge in [-0.3, -0.25) is 4.79 Å². The summed E-state index contributed by atoms with van der Waals surface area (Å²) in [5.41, 5.74) is 2.77. The zero-order chi connectivity index (χ0) is 18.8. The lowest BCUT2D eigenvalue weighted by Crippen LogP contribution is -2.46. The van der Waals surface area contributed by atoms with Crippen LogP contribution in [0.3, 0.4) is 0 Å². The second-order valence-corrected chi connectivity index (χ2v) is 6.35. The van der Waals surface area contributed by atoms with E-state index in [1.54, 1.807) is 6.92 Å². The van der Waals surface area contributed by atoms with Crippen molar-refractivity contribution in [3.8, 4) is 11.5 Å². The van der Waals surface area contributed by atoms with Crippen LogP contribution in [0.1, 0.15) is 24.1 Å². The fourth-order valence-electron chi connectivity index (χ4n) is 3.22. The van der Waals surface area contributed by atoms with Crippen molar-refractivity contribution in [2.45, 2.75) is 19.5 Å². The van der Waals surface area contributed by atoms with Crippen molar-refractivity contribution >= 4 is 11.9 Å². The topological polar surface area (TPSA) is 88.7 Å². The molecule has 3 N–H and O–H groups in total. The zero-order valence-electron chi connectivity index (χ0n) is 14.7. The highest BCUT2D eigenvalue weighted by Crippen LogP contribution is 2.32. The molecule has 0 saturated heterocycles. The highest BCUT2D eigenvalue weighted by Gasteiger charge is 2.30. The summed E-state index contributed by atoms with van der Waals surface area (Å²) in [4.78, 5) is 24.8. The molecule has 0 radical (unpaired) electrons. The van der Waals surface area contributed by atoms with Crippen LogP contribution in [0.5, 0.6) is 11.5 Å². The van der Waals surface area contributed by atoms with Crippen LogP contribution in [0, 0.1) is 0 Å². The Morgan fingerprint density at radius 2 is 1.93 bits per heavy atom. The Morgan fingerprint density at radius 3 is 2.74 bits per heavy atom. The van der Waals surface area contributed by atoms with Crippen molar-refractivity contribution in [3.05, 3.63) is 70.9 Å². The molecule has 0 aliphatic carbocycles. The quantitative estimate of drug-likeness (QED) is 0.776. The van der Waals surface area contributed by atoms with Gasteiger partial charge in [-0.05, 0) is 30.2 Å². The molecule has 2 aromatic carbocycles. The predicted octanol–water partition coefficient (Wildman–Crippen LogP) is 2.36. The third-order valence-corrected chi connectivity index (χ3v) is 4.54. The van der Waals surface area contributed by atoms with Crippen molar-refractivity contribution in [1.29, 1.82) is 0 Å². The van der Waals surface area contributed by atoms with Crippen LogP contribution in [0.15, 0.2) is 59.8 Å². The lowest BCUT2D eigenvalue weighted by molar-refractivity contribution is -0.118. The Hall–Kier alpha value is -3.48. The standard InChI is InChI=1S/C20H19N3O4/c1-12-17(18(23-20(25)22-12)14-5-3-2-4-6-14)19(24)21-10-13-7-8-15-16(9-13)27-11-26-15/h2-9,18H,10-11H2,1H3,(H,21,24)(H2,22,23,25). The molecule has 7 heteroatoms. The number of carbonyl (C=O) groups is 2. The van der Waals surface area contributed by atoms with E-state index in [2.05, 4.69) is 16.0 Å². The fourth-order valence-corrected chi connectivity index (χ4v) is 3.22. The maximum atomic E-state index is 12.9. The van der Waals surface area contributed by atoms with E-state index in [1.807, 2.05) is 48.5 Å². The molecule has 7 nitrogen and oxygen atoms in total. The van der Waals surface area contributed by atoms with Crippen molar-refractivity contribution in [3.63, 3.8) is 0 Å². The molecular weight excluding hydrogens is 346 g/mol. The van der Waals surface area contributed by atoms with E-state index in [1.165, 1.54) is 0 Å². The molecule has 1 atom stereocenters.